The first-order chi connectivity index (χ1) is 8.36. The van der Waals surface area contributed by atoms with Crippen molar-refractivity contribution in [1.29, 1.82) is 0 Å². The lowest BCUT2D eigenvalue weighted by atomic mass is 10.1. The summed E-state index contributed by atoms with van der Waals surface area (Å²) in [5, 5.41) is 7.84. The number of nitrogens with one attached hydrogen (secondary N) is 1. The van der Waals surface area contributed by atoms with Gasteiger partial charge in [-0.1, -0.05) is 24.4 Å². The van der Waals surface area contributed by atoms with Crippen LogP contribution in [0.2, 0.25) is 0 Å². The summed E-state index contributed by atoms with van der Waals surface area (Å²) in [5.74, 6) is 0. The fourth-order valence-electron chi connectivity index (χ4n) is 1.27. The van der Waals surface area contributed by atoms with E-state index >= 15 is 0 Å². The number of aliphatic hydroxyl groups excluding tert-OH is 1. The Balaban J connectivity index is 2.81. The highest BCUT2D eigenvalue weighted by atomic mass is 32.2. The van der Waals surface area contributed by atoms with Crippen LogP contribution in [-0.4, -0.2) is 30.4 Å². The van der Waals surface area contributed by atoms with Crippen molar-refractivity contribution in [3.63, 3.8) is 0 Å². The molecule has 0 bridgehead atoms. The van der Waals surface area contributed by atoms with Crippen molar-refractivity contribution in [3.8, 4) is 0 Å². The molecule has 0 aliphatic heterocycles. The third-order valence-electron chi connectivity index (χ3n) is 2.48. The van der Waals surface area contributed by atoms with Crippen LogP contribution in [0.1, 0.15) is 12.5 Å². The fourth-order valence-corrected chi connectivity index (χ4v) is 2.60. The molecule has 4 N–H and O–H groups in total. The molecule has 0 amide bonds. The number of anilines is 1. The van der Waals surface area contributed by atoms with Gasteiger partial charge in [-0.25, -0.2) is 8.42 Å². The minimum Gasteiger partial charge on any atom is -0.396 e. The number of sulfonamides is 1. The molecule has 0 aliphatic rings. The third kappa shape index (κ3) is 3.94. The van der Waals surface area contributed by atoms with Crippen molar-refractivity contribution in [3.05, 3.63) is 29.8 Å². The second-order valence-corrected chi connectivity index (χ2v) is 6.33. The second-order valence-electron chi connectivity index (χ2n) is 3.86. The lowest BCUT2D eigenvalue weighted by molar-refractivity contribution is 0.299. The number of aliphatic hydroxyl groups is 1. The highest BCUT2D eigenvalue weighted by Crippen LogP contribution is 2.14. The van der Waals surface area contributed by atoms with E-state index in [-0.39, 0.29) is 11.6 Å². The predicted molar refractivity (Wildman–Crippen MR) is 76.0 cm³/mol. The maximum Gasteiger partial charge on any atom is 0.241 e. The lowest BCUT2D eigenvalue weighted by Gasteiger charge is -2.13. The summed E-state index contributed by atoms with van der Waals surface area (Å²) >= 11 is 4.67. The van der Waals surface area contributed by atoms with Gasteiger partial charge < -0.3 is 10.8 Å². The molecule has 1 aromatic carbocycles. The van der Waals surface area contributed by atoms with Gasteiger partial charge in [0.25, 0.3) is 0 Å². The Morgan fingerprint density at radius 1 is 1.44 bits per heavy atom. The summed E-state index contributed by atoms with van der Waals surface area (Å²) in [5.41, 5.74) is 6.70. The summed E-state index contributed by atoms with van der Waals surface area (Å²) in [6.07, 6.45) is 0.538. The SMILES string of the molecule is CC(C(N)=S)S(=O)(=O)Nc1ccc(CCO)cc1. The minimum atomic E-state index is -3.60. The van der Waals surface area contributed by atoms with Crippen LogP contribution in [0.25, 0.3) is 0 Å². The fraction of sp³-hybridized carbons (Fsp3) is 0.364. The molecule has 0 radical (unpaired) electrons. The zero-order chi connectivity index (χ0) is 13.8. The maximum atomic E-state index is 11.8. The van der Waals surface area contributed by atoms with Gasteiger partial charge in [0.15, 0.2) is 0 Å². The Morgan fingerprint density at radius 3 is 2.44 bits per heavy atom. The van der Waals surface area contributed by atoms with Gasteiger partial charge in [-0.15, -0.1) is 0 Å². The summed E-state index contributed by atoms with van der Waals surface area (Å²) < 4.78 is 26.1. The maximum absolute atomic E-state index is 11.8. The zero-order valence-corrected chi connectivity index (χ0v) is 11.6. The highest BCUT2D eigenvalue weighted by Gasteiger charge is 2.22. The van der Waals surface area contributed by atoms with Crippen LogP contribution >= 0.6 is 12.2 Å². The molecule has 0 spiro atoms. The molecule has 0 aliphatic carbocycles. The molecule has 0 saturated heterocycles. The highest BCUT2D eigenvalue weighted by molar-refractivity contribution is 7.95. The van der Waals surface area contributed by atoms with Gasteiger partial charge in [0.2, 0.25) is 10.0 Å². The van der Waals surface area contributed by atoms with E-state index in [2.05, 4.69) is 16.9 Å². The number of hydrogen-bond acceptors (Lipinski definition) is 4. The number of thiocarbonyl (C=S) groups is 1. The molecule has 1 rings (SSSR count). The molecule has 0 heterocycles. The molecular weight excluding hydrogens is 272 g/mol. The minimum absolute atomic E-state index is 0.0591. The molecule has 1 atom stereocenters. The van der Waals surface area contributed by atoms with Crippen molar-refractivity contribution in [2.24, 2.45) is 5.73 Å². The van der Waals surface area contributed by atoms with Crippen LogP contribution in [0.4, 0.5) is 5.69 Å². The first kappa shape index (κ1) is 14.9. The van der Waals surface area contributed by atoms with Gasteiger partial charge >= 0.3 is 0 Å². The average molecular weight is 288 g/mol. The molecule has 7 heteroatoms. The number of rotatable bonds is 6. The molecule has 0 fully saturated rings. The van der Waals surface area contributed by atoms with E-state index in [0.717, 1.165) is 5.56 Å². The van der Waals surface area contributed by atoms with Crippen LogP contribution < -0.4 is 10.5 Å². The molecule has 0 aromatic heterocycles. The smallest absolute Gasteiger partial charge is 0.241 e. The van der Waals surface area contributed by atoms with Crippen LogP contribution in [-0.2, 0) is 16.4 Å². The first-order valence-electron chi connectivity index (χ1n) is 5.37. The molecule has 5 nitrogen and oxygen atoms in total. The topological polar surface area (TPSA) is 92.4 Å². The van der Waals surface area contributed by atoms with Crippen LogP contribution in [0.3, 0.4) is 0 Å². The van der Waals surface area contributed by atoms with Crippen LogP contribution in [0.15, 0.2) is 24.3 Å². The molecule has 18 heavy (non-hydrogen) atoms. The van der Waals surface area contributed by atoms with E-state index in [9.17, 15) is 8.42 Å². The van der Waals surface area contributed by atoms with Crippen molar-refractivity contribution >= 4 is 32.9 Å². The summed E-state index contributed by atoms with van der Waals surface area (Å²) in [4.78, 5) is -0.0700. The summed E-state index contributed by atoms with van der Waals surface area (Å²) in [6, 6.07) is 6.77. The van der Waals surface area contributed by atoms with E-state index in [1.54, 1.807) is 24.3 Å². The van der Waals surface area contributed by atoms with Gasteiger partial charge in [0.1, 0.15) is 5.25 Å². The molecular formula is C11H16N2O3S2. The Morgan fingerprint density at radius 2 is 2.00 bits per heavy atom. The van der Waals surface area contributed by atoms with Gasteiger partial charge in [-0.05, 0) is 31.0 Å². The van der Waals surface area contributed by atoms with E-state index < -0.39 is 15.3 Å². The van der Waals surface area contributed by atoms with Crippen molar-refractivity contribution in [2.45, 2.75) is 18.6 Å². The van der Waals surface area contributed by atoms with Crippen molar-refractivity contribution in [1.82, 2.24) is 0 Å². The quantitative estimate of drug-likeness (QED) is 0.668. The first-order valence-corrected chi connectivity index (χ1v) is 7.33. The largest absolute Gasteiger partial charge is 0.396 e. The number of nitrogens with two attached hydrogens (primary N) is 1. The van der Waals surface area contributed by atoms with Crippen molar-refractivity contribution < 1.29 is 13.5 Å². The lowest BCUT2D eigenvalue weighted by Crippen LogP contribution is -2.35. The molecule has 100 valence electrons. The normalized spacial score (nSPS) is 13.0. The molecule has 1 unspecified atom stereocenters. The van der Waals surface area contributed by atoms with E-state index in [1.165, 1.54) is 6.92 Å². The van der Waals surface area contributed by atoms with Crippen molar-refractivity contribution in [2.75, 3.05) is 11.3 Å². The van der Waals surface area contributed by atoms with E-state index in [4.69, 9.17) is 10.8 Å². The standard InChI is InChI=1S/C11H16N2O3S2/c1-8(11(12)17)18(15,16)13-10-4-2-9(3-5-10)6-7-14/h2-5,8,13-14H,6-7H2,1H3,(H2,12,17). The number of hydrogen-bond donors (Lipinski definition) is 3. The van der Waals surface area contributed by atoms with Crippen LogP contribution in [0.5, 0.6) is 0 Å². The summed E-state index contributed by atoms with van der Waals surface area (Å²) in [7, 11) is -3.60. The van der Waals surface area contributed by atoms with E-state index in [0.29, 0.717) is 12.1 Å². The van der Waals surface area contributed by atoms with Gasteiger partial charge in [0.05, 0.1) is 4.99 Å². The van der Waals surface area contributed by atoms with Gasteiger partial charge in [0, 0.05) is 12.3 Å². The van der Waals surface area contributed by atoms with Gasteiger partial charge in [-0.3, -0.25) is 4.72 Å². The monoisotopic (exact) mass is 288 g/mol. The molecule has 1 aromatic rings. The zero-order valence-electron chi connectivity index (χ0n) is 9.96. The van der Waals surface area contributed by atoms with E-state index in [1.807, 2.05) is 0 Å². The van der Waals surface area contributed by atoms with Gasteiger partial charge in [-0.2, -0.15) is 0 Å². The molecule has 0 saturated carbocycles. The summed E-state index contributed by atoms with van der Waals surface area (Å²) in [6.45, 7) is 1.49. The Hall–Kier alpha value is -1.18. The Kier molecular flexibility index (Phi) is 5.06. The Bertz CT molecular complexity index is 512. The average Bonchev–Trinajstić information content (AvgIpc) is 2.30. The second kappa shape index (κ2) is 6.12. The predicted octanol–water partition coefficient (Wildman–Crippen LogP) is 0.638. The third-order valence-corrected chi connectivity index (χ3v) is 4.69. The number of benzene rings is 1. The Labute approximate surface area is 112 Å². The van der Waals surface area contributed by atoms with Crippen LogP contribution in [0, 0.1) is 0 Å².